The second kappa shape index (κ2) is 6.40. The minimum absolute atomic E-state index is 0.0412. The normalized spacial score (nSPS) is 12.8. The molecule has 3 nitrogen and oxygen atoms in total. The third-order valence-electron chi connectivity index (χ3n) is 1.77. The highest BCUT2D eigenvalue weighted by Gasteiger charge is 2.04. The van der Waals surface area contributed by atoms with E-state index in [0.29, 0.717) is 13.2 Å². The van der Waals surface area contributed by atoms with Gasteiger partial charge in [0.2, 0.25) is 0 Å². The van der Waals surface area contributed by atoms with Gasteiger partial charge in [0.25, 0.3) is 0 Å². The summed E-state index contributed by atoms with van der Waals surface area (Å²) in [6.07, 6.45) is 0. The van der Waals surface area contributed by atoms with Gasteiger partial charge in [-0.05, 0) is 24.6 Å². The highest BCUT2D eigenvalue weighted by Crippen LogP contribution is 2.16. The van der Waals surface area contributed by atoms with Crippen LogP contribution in [0.25, 0.3) is 0 Å². The molecule has 0 saturated heterocycles. The predicted molar refractivity (Wildman–Crippen MR) is 56.4 cm³/mol. The Morgan fingerprint density at radius 3 is 2.75 bits per heavy atom. The molecule has 90 valence electrons. The van der Waals surface area contributed by atoms with Gasteiger partial charge in [-0.3, -0.25) is 0 Å². The zero-order valence-electron chi connectivity index (χ0n) is 9.03. The first-order valence-corrected chi connectivity index (χ1v) is 4.95. The van der Waals surface area contributed by atoms with Gasteiger partial charge in [0.05, 0.1) is 13.2 Å². The van der Waals surface area contributed by atoms with Crippen LogP contribution in [-0.2, 0) is 11.3 Å². The van der Waals surface area contributed by atoms with Gasteiger partial charge in [0.15, 0.2) is 0 Å². The lowest BCUT2D eigenvalue weighted by atomic mass is 10.2. The smallest absolute Gasteiger partial charge is 0.387 e. The molecule has 1 rings (SSSR count). The van der Waals surface area contributed by atoms with Crippen molar-refractivity contribution in [1.82, 2.24) is 0 Å². The van der Waals surface area contributed by atoms with Gasteiger partial charge in [0, 0.05) is 6.04 Å². The fourth-order valence-electron chi connectivity index (χ4n) is 1.17. The minimum atomic E-state index is -2.81. The number of ether oxygens (including phenoxy) is 2. The summed E-state index contributed by atoms with van der Waals surface area (Å²) < 4.78 is 33.4. The molecule has 16 heavy (non-hydrogen) atoms. The molecule has 0 saturated carbocycles. The van der Waals surface area contributed by atoms with Crippen LogP contribution in [-0.4, -0.2) is 19.3 Å². The van der Waals surface area contributed by atoms with E-state index in [-0.39, 0.29) is 11.8 Å². The van der Waals surface area contributed by atoms with Crippen LogP contribution in [0.2, 0.25) is 0 Å². The van der Waals surface area contributed by atoms with Crippen molar-refractivity contribution in [2.75, 3.05) is 6.61 Å². The second-order valence-corrected chi connectivity index (χ2v) is 3.52. The molecule has 0 radical (unpaired) electrons. The molecule has 0 aliphatic rings. The van der Waals surface area contributed by atoms with Gasteiger partial charge < -0.3 is 15.2 Å². The molecule has 0 bridgehead atoms. The van der Waals surface area contributed by atoms with Gasteiger partial charge in [-0.15, -0.1) is 0 Å². The molecule has 0 fully saturated rings. The van der Waals surface area contributed by atoms with Crippen molar-refractivity contribution in [1.29, 1.82) is 0 Å². The number of halogens is 2. The molecule has 0 spiro atoms. The SMILES string of the molecule is C[C@@H](N)COCc1cccc(OC(F)F)c1. The van der Waals surface area contributed by atoms with Gasteiger partial charge in [-0.1, -0.05) is 12.1 Å². The standard InChI is InChI=1S/C11H15F2NO2/c1-8(14)6-15-7-9-3-2-4-10(5-9)16-11(12)13/h2-5,8,11H,6-7,14H2,1H3/t8-/m1/s1. The third-order valence-corrected chi connectivity index (χ3v) is 1.77. The van der Waals surface area contributed by atoms with Crippen LogP contribution in [0.3, 0.4) is 0 Å². The Morgan fingerprint density at radius 1 is 1.38 bits per heavy atom. The summed E-state index contributed by atoms with van der Waals surface area (Å²) in [7, 11) is 0. The maximum atomic E-state index is 11.9. The Bertz CT molecular complexity index is 319. The van der Waals surface area contributed by atoms with Crippen molar-refractivity contribution >= 4 is 0 Å². The first-order chi connectivity index (χ1) is 7.58. The molecule has 0 amide bonds. The first kappa shape index (κ1) is 12.9. The average molecular weight is 231 g/mol. The Morgan fingerprint density at radius 2 is 2.12 bits per heavy atom. The van der Waals surface area contributed by atoms with E-state index in [9.17, 15) is 8.78 Å². The fraction of sp³-hybridized carbons (Fsp3) is 0.455. The Hall–Kier alpha value is -1.20. The van der Waals surface area contributed by atoms with E-state index >= 15 is 0 Å². The molecule has 0 aromatic heterocycles. The molecule has 0 aliphatic heterocycles. The molecule has 1 aromatic carbocycles. The lowest BCUT2D eigenvalue weighted by Crippen LogP contribution is -2.21. The van der Waals surface area contributed by atoms with Crippen molar-refractivity contribution in [3.8, 4) is 5.75 Å². The zero-order chi connectivity index (χ0) is 12.0. The fourth-order valence-corrected chi connectivity index (χ4v) is 1.17. The molecular weight excluding hydrogens is 216 g/mol. The maximum absolute atomic E-state index is 11.9. The highest BCUT2D eigenvalue weighted by molar-refractivity contribution is 5.28. The van der Waals surface area contributed by atoms with E-state index in [0.717, 1.165) is 5.56 Å². The summed E-state index contributed by atoms with van der Waals surface area (Å²) >= 11 is 0. The van der Waals surface area contributed by atoms with Crippen LogP contribution in [0.5, 0.6) is 5.75 Å². The van der Waals surface area contributed by atoms with Crippen molar-refractivity contribution in [2.45, 2.75) is 26.2 Å². The molecule has 0 aliphatic carbocycles. The average Bonchev–Trinajstić information content (AvgIpc) is 2.16. The Kier molecular flexibility index (Phi) is 5.14. The van der Waals surface area contributed by atoms with Gasteiger partial charge in [-0.2, -0.15) is 8.78 Å². The van der Waals surface area contributed by atoms with Crippen LogP contribution in [0.1, 0.15) is 12.5 Å². The topological polar surface area (TPSA) is 44.5 Å². The highest BCUT2D eigenvalue weighted by atomic mass is 19.3. The van der Waals surface area contributed by atoms with Crippen LogP contribution in [0.15, 0.2) is 24.3 Å². The number of rotatable bonds is 6. The van der Waals surface area contributed by atoms with Crippen molar-refractivity contribution in [3.05, 3.63) is 29.8 Å². The van der Waals surface area contributed by atoms with E-state index in [2.05, 4.69) is 4.74 Å². The van der Waals surface area contributed by atoms with Crippen molar-refractivity contribution in [2.24, 2.45) is 5.73 Å². The van der Waals surface area contributed by atoms with Crippen LogP contribution in [0, 0.1) is 0 Å². The lowest BCUT2D eigenvalue weighted by Gasteiger charge is -2.09. The zero-order valence-corrected chi connectivity index (χ0v) is 9.03. The number of benzene rings is 1. The van der Waals surface area contributed by atoms with Crippen LogP contribution < -0.4 is 10.5 Å². The van der Waals surface area contributed by atoms with Crippen molar-refractivity contribution < 1.29 is 18.3 Å². The van der Waals surface area contributed by atoms with Crippen LogP contribution in [0.4, 0.5) is 8.78 Å². The molecule has 1 atom stereocenters. The summed E-state index contributed by atoms with van der Waals surface area (Å²) in [5.41, 5.74) is 6.28. The lowest BCUT2D eigenvalue weighted by molar-refractivity contribution is -0.0499. The molecule has 2 N–H and O–H groups in total. The van der Waals surface area contributed by atoms with E-state index in [1.807, 2.05) is 6.92 Å². The summed E-state index contributed by atoms with van der Waals surface area (Å²) in [6.45, 7) is -0.210. The molecule has 0 heterocycles. The molecule has 1 aromatic rings. The minimum Gasteiger partial charge on any atom is -0.435 e. The van der Waals surface area contributed by atoms with Crippen LogP contribution >= 0.6 is 0 Å². The Balaban J connectivity index is 2.47. The molecule has 0 unspecified atom stereocenters. The number of hydrogen-bond donors (Lipinski definition) is 1. The largest absolute Gasteiger partial charge is 0.435 e. The number of hydrogen-bond acceptors (Lipinski definition) is 3. The summed E-state index contributed by atoms with van der Waals surface area (Å²) in [5.74, 6) is 0.136. The second-order valence-electron chi connectivity index (χ2n) is 3.52. The maximum Gasteiger partial charge on any atom is 0.387 e. The quantitative estimate of drug-likeness (QED) is 0.815. The predicted octanol–water partition coefficient (Wildman–Crippen LogP) is 2.15. The first-order valence-electron chi connectivity index (χ1n) is 4.95. The van der Waals surface area contributed by atoms with Gasteiger partial charge >= 0.3 is 6.61 Å². The van der Waals surface area contributed by atoms with Gasteiger partial charge in [-0.25, -0.2) is 0 Å². The summed E-state index contributed by atoms with van der Waals surface area (Å²) in [6, 6.07) is 6.37. The van der Waals surface area contributed by atoms with Gasteiger partial charge in [0.1, 0.15) is 5.75 Å². The van der Waals surface area contributed by atoms with E-state index in [1.165, 1.54) is 12.1 Å². The number of alkyl halides is 2. The third kappa shape index (κ3) is 5.04. The van der Waals surface area contributed by atoms with E-state index < -0.39 is 6.61 Å². The summed E-state index contributed by atoms with van der Waals surface area (Å²) in [5, 5.41) is 0. The molecule has 5 heteroatoms. The van der Waals surface area contributed by atoms with Crippen molar-refractivity contribution in [3.63, 3.8) is 0 Å². The van der Waals surface area contributed by atoms with E-state index in [4.69, 9.17) is 10.5 Å². The Labute approximate surface area is 93.2 Å². The summed E-state index contributed by atoms with van der Waals surface area (Å²) in [4.78, 5) is 0. The molecular formula is C11H15F2NO2. The van der Waals surface area contributed by atoms with E-state index in [1.54, 1.807) is 12.1 Å². The monoisotopic (exact) mass is 231 g/mol. The number of nitrogens with two attached hydrogens (primary N) is 1.